The molecule has 1 aromatic carbocycles. The van der Waals surface area contributed by atoms with Crippen LogP contribution in [0, 0.1) is 0 Å². The van der Waals surface area contributed by atoms with Gasteiger partial charge in [0.25, 0.3) is 0 Å². The zero-order valence-electron chi connectivity index (χ0n) is 13.9. The molecule has 3 amide bonds. The maximum absolute atomic E-state index is 12.6. The monoisotopic (exact) mass is 343 g/mol. The van der Waals surface area contributed by atoms with Gasteiger partial charge in [0.1, 0.15) is 18.7 Å². The van der Waals surface area contributed by atoms with Crippen LogP contribution in [0.1, 0.15) is 24.8 Å². The first-order chi connectivity index (χ1) is 12.1. The van der Waals surface area contributed by atoms with Crippen LogP contribution in [0.15, 0.2) is 30.3 Å². The van der Waals surface area contributed by atoms with E-state index in [0.717, 1.165) is 18.4 Å². The number of alkyl carbamates (subject to hydrolysis) is 1. The number of fused-ring (bicyclic) bond motifs is 2. The summed E-state index contributed by atoms with van der Waals surface area (Å²) in [4.78, 5) is 40.5. The lowest BCUT2D eigenvalue weighted by Gasteiger charge is -2.38. The first kappa shape index (κ1) is 15.9. The number of nitrogens with one attached hydrogen (secondary N) is 1. The minimum atomic E-state index is -0.519. The number of hydrogen-bond acceptors (Lipinski definition) is 4. The van der Waals surface area contributed by atoms with E-state index in [1.54, 1.807) is 9.80 Å². The molecule has 3 saturated heterocycles. The van der Waals surface area contributed by atoms with Crippen molar-refractivity contribution in [2.45, 2.75) is 44.0 Å². The second kappa shape index (κ2) is 6.38. The summed E-state index contributed by atoms with van der Waals surface area (Å²) < 4.78 is 5.22. The molecule has 4 rings (SSSR count). The van der Waals surface area contributed by atoms with Crippen LogP contribution in [0.4, 0.5) is 4.79 Å². The number of piperazine rings is 1. The van der Waals surface area contributed by atoms with Crippen LogP contribution >= 0.6 is 0 Å². The number of hydrogen-bond donors (Lipinski definition) is 1. The lowest BCUT2D eigenvalue weighted by molar-refractivity contribution is -0.156. The summed E-state index contributed by atoms with van der Waals surface area (Å²) in [5.74, 6) is 0.0353. The Labute approximate surface area is 145 Å². The molecule has 3 atom stereocenters. The topological polar surface area (TPSA) is 79.0 Å². The predicted molar refractivity (Wildman–Crippen MR) is 88.4 cm³/mol. The van der Waals surface area contributed by atoms with Gasteiger partial charge < -0.3 is 19.9 Å². The molecule has 132 valence electrons. The van der Waals surface area contributed by atoms with E-state index in [2.05, 4.69) is 5.32 Å². The normalized spacial score (nSPS) is 27.9. The fraction of sp³-hybridized carbons (Fsp3) is 0.500. The van der Waals surface area contributed by atoms with Gasteiger partial charge in [-0.15, -0.1) is 0 Å². The first-order valence-electron chi connectivity index (χ1n) is 8.71. The van der Waals surface area contributed by atoms with Gasteiger partial charge in [0.15, 0.2) is 0 Å². The van der Waals surface area contributed by atoms with Crippen molar-refractivity contribution >= 4 is 17.9 Å². The van der Waals surface area contributed by atoms with Crippen LogP contribution in [0.3, 0.4) is 0 Å². The van der Waals surface area contributed by atoms with Gasteiger partial charge in [0.2, 0.25) is 11.8 Å². The summed E-state index contributed by atoms with van der Waals surface area (Å²) in [6.07, 6.45) is 1.56. The van der Waals surface area contributed by atoms with E-state index in [4.69, 9.17) is 4.74 Å². The Morgan fingerprint density at radius 3 is 2.68 bits per heavy atom. The van der Waals surface area contributed by atoms with E-state index in [1.165, 1.54) is 0 Å². The Bertz CT molecular complexity index is 663. The molecule has 7 heteroatoms. The lowest BCUT2D eigenvalue weighted by atomic mass is 10.1. The largest absolute Gasteiger partial charge is 0.445 e. The smallest absolute Gasteiger partial charge is 0.407 e. The Hall–Kier alpha value is -2.57. The van der Waals surface area contributed by atoms with Crippen molar-refractivity contribution < 1.29 is 19.1 Å². The first-order valence-corrected chi connectivity index (χ1v) is 8.71. The minimum absolute atomic E-state index is 0.0176. The molecule has 25 heavy (non-hydrogen) atoms. The lowest BCUT2D eigenvalue weighted by Crippen LogP contribution is -2.60. The van der Waals surface area contributed by atoms with Gasteiger partial charge in [0.05, 0.1) is 6.04 Å². The highest BCUT2D eigenvalue weighted by Gasteiger charge is 2.51. The van der Waals surface area contributed by atoms with Crippen molar-refractivity contribution in [3.05, 3.63) is 35.9 Å². The average molecular weight is 343 g/mol. The Morgan fingerprint density at radius 1 is 1.12 bits per heavy atom. The van der Waals surface area contributed by atoms with Crippen LogP contribution in [0.5, 0.6) is 0 Å². The van der Waals surface area contributed by atoms with Gasteiger partial charge in [-0.25, -0.2) is 4.79 Å². The second-order valence-corrected chi connectivity index (χ2v) is 6.83. The van der Waals surface area contributed by atoms with Crippen LogP contribution in [0.2, 0.25) is 0 Å². The third kappa shape index (κ3) is 2.94. The number of nitrogens with zero attached hydrogens (tertiary/aromatic N) is 2. The SMILES string of the molecule is O=C(N[C@H]1C[C@H]2C(=O)N3CCC[C@H]3C(=O)N2C1)OCc1ccccc1. The molecule has 0 aliphatic carbocycles. The Morgan fingerprint density at radius 2 is 1.88 bits per heavy atom. The maximum Gasteiger partial charge on any atom is 0.407 e. The molecule has 3 aliphatic rings. The molecular formula is C18H21N3O4. The number of rotatable bonds is 3. The van der Waals surface area contributed by atoms with Gasteiger partial charge >= 0.3 is 6.09 Å². The summed E-state index contributed by atoms with van der Waals surface area (Å²) >= 11 is 0. The predicted octanol–water partition coefficient (Wildman–Crippen LogP) is 0.887. The van der Waals surface area contributed by atoms with E-state index < -0.39 is 12.1 Å². The zero-order valence-corrected chi connectivity index (χ0v) is 13.9. The highest BCUT2D eigenvalue weighted by molar-refractivity contribution is 5.98. The van der Waals surface area contributed by atoms with E-state index in [-0.39, 0.29) is 30.5 Å². The molecule has 0 unspecified atom stereocenters. The van der Waals surface area contributed by atoms with Crippen molar-refractivity contribution in [2.75, 3.05) is 13.1 Å². The van der Waals surface area contributed by atoms with Crippen LogP contribution < -0.4 is 5.32 Å². The summed E-state index contributed by atoms with van der Waals surface area (Å²) in [5, 5.41) is 2.79. The van der Waals surface area contributed by atoms with E-state index in [0.29, 0.717) is 19.5 Å². The third-order valence-electron chi connectivity index (χ3n) is 5.22. The van der Waals surface area contributed by atoms with Crippen molar-refractivity contribution in [3.8, 4) is 0 Å². The zero-order chi connectivity index (χ0) is 17.4. The molecule has 3 heterocycles. The average Bonchev–Trinajstić information content (AvgIpc) is 3.26. The van der Waals surface area contributed by atoms with E-state index >= 15 is 0 Å². The van der Waals surface area contributed by atoms with Crippen LogP contribution in [-0.2, 0) is 20.9 Å². The molecule has 0 spiro atoms. The number of carbonyl (C=O) groups is 3. The quantitative estimate of drug-likeness (QED) is 0.884. The molecule has 0 radical (unpaired) electrons. The number of amides is 3. The fourth-order valence-electron chi connectivity index (χ4n) is 4.02. The summed E-state index contributed by atoms with van der Waals surface area (Å²) in [6, 6.07) is 8.44. The fourth-order valence-corrected chi connectivity index (χ4v) is 4.02. The molecular weight excluding hydrogens is 322 g/mol. The molecule has 0 aromatic heterocycles. The van der Waals surface area contributed by atoms with Gasteiger partial charge in [-0.05, 0) is 24.8 Å². The second-order valence-electron chi connectivity index (χ2n) is 6.83. The Balaban J connectivity index is 1.34. The molecule has 0 bridgehead atoms. The van der Waals surface area contributed by atoms with Crippen molar-refractivity contribution in [1.82, 2.24) is 15.1 Å². The summed E-state index contributed by atoms with van der Waals surface area (Å²) in [5.41, 5.74) is 0.910. The van der Waals surface area contributed by atoms with Gasteiger partial charge in [-0.1, -0.05) is 30.3 Å². The summed E-state index contributed by atoms with van der Waals surface area (Å²) in [6.45, 7) is 1.23. The third-order valence-corrected chi connectivity index (χ3v) is 5.22. The molecule has 1 N–H and O–H groups in total. The molecule has 3 fully saturated rings. The van der Waals surface area contributed by atoms with Crippen molar-refractivity contribution in [2.24, 2.45) is 0 Å². The van der Waals surface area contributed by atoms with Crippen molar-refractivity contribution in [1.29, 1.82) is 0 Å². The van der Waals surface area contributed by atoms with E-state index in [1.807, 2.05) is 30.3 Å². The minimum Gasteiger partial charge on any atom is -0.445 e. The van der Waals surface area contributed by atoms with E-state index in [9.17, 15) is 14.4 Å². The maximum atomic E-state index is 12.6. The Kier molecular flexibility index (Phi) is 4.07. The highest BCUT2D eigenvalue weighted by atomic mass is 16.5. The number of ether oxygens (including phenoxy) is 1. The molecule has 0 saturated carbocycles. The van der Waals surface area contributed by atoms with Crippen LogP contribution in [-0.4, -0.2) is 58.9 Å². The van der Waals surface area contributed by atoms with Gasteiger partial charge in [-0.2, -0.15) is 0 Å². The molecule has 7 nitrogen and oxygen atoms in total. The van der Waals surface area contributed by atoms with Gasteiger partial charge in [-0.3, -0.25) is 9.59 Å². The van der Waals surface area contributed by atoms with Crippen LogP contribution in [0.25, 0.3) is 0 Å². The van der Waals surface area contributed by atoms with Gasteiger partial charge in [0, 0.05) is 13.1 Å². The summed E-state index contributed by atoms with van der Waals surface area (Å²) in [7, 11) is 0. The molecule has 3 aliphatic heterocycles. The molecule has 1 aromatic rings. The number of carbonyl (C=O) groups excluding carboxylic acids is 3. The van der Waals surface area contributed by atoms with Crippen molar-refractivity contribution in [3.63, 3.8) is 0 Å². The highest BCUT2D eigenvalue weighted by Crippen LogP contribution is 2.32. The number of benzene rings is 1. The standard InChI is InChI=1S/C18H21N3O4/c22-16-14-7-4-8-20(14)17(23)15-9-13(10-21(15)16)19-18(24)25-11-12-5-2-1-3-6-12/h1-3,5-6,13-15H,4,7-11H2,(H,19,24)/t13-,14-,15-/m0/s1.